The summed E-state index contributed by atoms with van der Waals surface area (Å²) in [4.78, 5) is 33.8. The molecular formula is C21H29N5O3. The van der Waals surface area contributed by atoms with E-state index in [2.05, 4.69) is 32.7 Å². The van der Waals surface area contributed by atoms with E-state index in [0.29, 0.717) is 37.5 Å². The monoisotopic (exact) mass is 399 g/mol. The Kier molecular flexibility index (Phi) is 7.32. The number of carbonyl (C=O) groups is 2. The Morgan fingerprint density at radius 1 is 1.24 bits per heavy atom. The predicted octanol–water partition coefficient (Wildman–Crippen LogP) is 2.80. The summed E-state index contributed by atoms with van der Waals surface area (Å²) in [5, 5.41) is 9.95. The summed E-state index contributed by atoms with van der Waals surface area (Å²) in [5.74, 6) is 0.617. The Morgan fingerprint density at radius 2 is 2.07 bits per heavy atom. The average molecular weight is 399 g/mol. The van der Waals surface area contributed by atoms with Crippen molar-refractivity contribution in [1.29, 1.82) is 0 Å². The van der Waals surface area contributed by atoms with E-state index in [1.54, 1.807) is 18.5 Å². The van der Waals surface area contributed by atoms with Gasteiger partial charge >= 0.3 is 0 Å². The van der Waals surface area contributed by atoms with Gasteiger partial charge in [0, 0.05) is 37.3 Å². The highest BCUT2D eigenvalue weighted by Gasteiger charge is 2.40. The van der Waals surface area contributed by atoms with Gasteiger partial charge in [0.2, 0.25) is 23.5 Å². The third kappa shape index (κ3) is 5.62. The Morgan fingerprint density at radius 3 is 2.79 bits per heavy atom. The van der Waals surface area contributed by atoms with Crippen LogP contribution in [-0.4, -0.2) is 39.0 Å². The smallest absolute Gasteiger partial charge is 0.245 e. The fourth-order valence-corrected chi connectivity index (χ4v) is 3.63. The lowest BCUT2D eigenvalue weighted by atomic mass is 9.80. The van der Waals surface area contributed by atoms with Gasteiger partial charge < -0.3 is 15.2 Å². The number of nitrogens with zero attached hydrogens (tertiary/aromatic N) is 3. The van der Waals surface area contributed by atoms with E-state index in [4.69, 9.17) is 4.52 Å². The van der Waals surface area contributed by atoms with E-state index in [0.717, 1.165) is 37.7 Å². The zero-order valence-corrected chi connectivity index (χ0v) is 16.9. The molecule has 0 bridgehead atoms. The van der Waals surface area contributed by atoms with E-state index in [1.807, 2.05) is 6.07 Å². The Labute approximate surface area is 170 Å². The summed E-state index contributed by atoms with van der Waals surface area (Å²) in [7, 11) is 0. The Hall–Kier alpha value is -2.77. The minimum atomic E-state index is -0.793. The number of hydrogen-bond acceptors (Lipinski definition) is 6. The molecule has 8 nitrogen and oxygen atoms in total. The summed E-state index contributed by atoms with van der Waals surface area (Å²) < 4.78 is 5.25. The summed E-state index contributed by atoms with van der Waals surface area (Å²) in [6, 6.07) is 3.65. The SMILES string of the molecule is CCCCNC(=O)C1(NC(=O)CCc2nc(-c3cccnc3)no2)CCCCC1. The molecule has 0 atom stereocenters. The molecule has 2 aromatic rings. The Balaban J connectivity index is 1.56. The Bertz CT molecular complexity index is 800. The van der Waals surface area contributed by atoms with Crippen LogP contribution in [0.2, 0.25) is 0 Å². The van der Waals surface area contributed by atoms with Gasteiger partial charge in [0.15, 0.2) is 0 Å². The highest BCUT2D eigenvalue weighted by Crippen LogP contribution is 2.29. The van der Waals surface area contributed by atoms with Crippen LogP contribution in [0.3, 0.4) is 0 Å². The number of hydrogen-bond donors (Lipinski definition) is 2. The van der Waals surface area contributed by atoms with Crippen LogP contribution < -0.4 is 10.6 Å². The molecule has 156 valence electrons. The number of unbranched alkanes of at least 4 members (excludes halogenated alkanes) is 1. The van der Waals surface area contributed by atoms with Gasteiger partial charge in [-0.1, -0.05) is 37.8 Å². The first kappa shape index (κ1) is 21.0. The molecule has 8 heteroatoms. The van der Waals surface area contributed by atoms with Gasteiger partial charge in [-0.25, -0.2) is 0 Å². The fourth-order valence-electron chi connectivity index (χ4n) is 3.63. The van der Waals surface area contributed by atoms with Gasteiger partial charge in [0.1, 0.15) is 5.54 Å². The molecular weight excluding hydrogens is 370 g/mol. The minimum absolute atomic E-state index is 0.0596. The second-order valence-corrected chi connectivity index (χ2v) is 7.55. The first-order chi connectivity index (χ1) is 14.1. The van der Waals surface area contributed by atoms with Crippen molar-refractivity contribution in [2.24, 2.45) is 0 Å². The zero-order chi connectivity index (χ0) is 20.5. The maximum atomic E-state index is 12.8. The summed E-state index contributed by atoms with van der Waals surface area (Å²) in [6.45, 7) is 2.73. The molecule has 2 heterocycles. The molecule has 0 radical (unpaired) electrons. The summed E-state index contributed by atoms with van der Waals surface area (Å²) >= 11 is 0. The van der Waals surface area contributed by atoms with Gasteiger partial charge in [-0.05, 0) is 31.4 Å². The molecule has 0 aromatic carbocycles. The molecule has 0 aliphatic heterocycles. The lowest BCUT2D eigenvalue weighted by Crippen LogP contribution is -2.59. The fraction of sp³-hybridized carbons (Fsp3) is 0.571. The number of nitrogens with one attached hydrogen (secondary N) is 2. The lowest BCUT2D eigenvalue weighted by molar-refractivity contribution is -0.135. The molecule has 29 heavy (non-hydrogen) atoms. The highest BCUT2D eigenvalue weighted by atomic mass is 16.5. The van der Waals surface area contributed by atoms with Gasteiger partial charge in [-0.2, -0.15) is 4.98 Å². The van der Waals surface area contributed by atoms with Crippen LogP contribution in [0, 0.1) is 0 Å². The molecule has 3 rings (SSSR count). The number of aromatic nitrogens is 3. The van der Waals surface area contributed by atoms with E-state index < -0.39 is 5.54 Å². The van der Waals surface area contributed by atoms with Crippen LogP contribution in [0.15, 0.2) is 29.0 Å². The van der Waals surface area contributed by atoms with Crippen molar-refractivity contribution >= 4 is 11.8 Å². The average Bonchev–Trinajstić information content (AvgIpc) is 3.23. The van der Waals surface area contributed by atoms with Gasteiger partial charge in [0.05, 0.1) is 0 Å². The molecule has 0 saturated heterocycles. The number of amides is 2. The molecule has 0 spiro atoms. The van der Waals surface area contributed by atoms with Crippen LogP contribution in [0.1, 0.15) is 64.2 Å². The number of carbonyl (C=O) groups excluding carboxylic acids is 2. The van der Waals surface area contributed by atoms with Crippen LogP contribution in [-0.2, 0) is 16.0 Å². The summed E-state index contributed by atoms with van der Waals surface area (Å²) in [6.07, 6.45) is 10.2. The molecule has 1 aliphatic rings. The second-order valence-electron chi connectivity index (χ2n) is 7.55. The second kappa shape index (κ2) is 10.1. The minimum Gasteiger partial charge on any atom is -0.354 e. The van der Waals surface area contributed by atoms with Crippen molar-refractivity contribution < 1.29 is 14.1 Å². The molecule has 2 amide bonds. The van der Waals surface area contributed by atoms with E-state index >= 15 is 0 Å². The van der Waals surface area contributed by atoms with Gasteiger partial charge in [-0.15, -0.1) is 0 Å². The molecule has 1 aliphatic carbocycles. The van der Waals surface area contributed by atoms with E-state index in [1.165, 1.54) is 0 Å². The molecule has 2 aromatic heterocycles. The van der Waals surface area contributed by atoms with E-state index in [-0.39, 0.29) is 18.2 Å². The van der Waals surface area contributed by atoms with Crippen molar-refractivity contribution in [2.45, 2.75) is 70.3 Å². The predicted molar refractivity (Wildman–Crippen MR) is 108 cm³/mol. The first-order valence-corrected chi connectivity index (χ1v) is 10.5. The third-order valence-corrected chi connectivity index (χ3v) is 5.29. The van der Waals surface area contributed by atoms with Crippen molar-refractivity contribution in [3.8, 4) is 11.4 Å². The van der Waals surface area contributed by atoms with E-state index in [9.17, 15) is 9.59 Å². The molecule has 0 unspecified atom stereocenters. The van der Waals surface area contributed by atoms with Crippen LogP contribution in [0.25, 0.3) is 11.4 Å². The van der Waals surface area contributed by atoms with Crippen molar-refractivity contribution in [2.75, 3.05) is 6.54 Å². The first-order valence-electron chi connectivity index (χ1n) is 10.5. The topological polar surface area (TPSA) is 110 Å². The number of pyridine rings is 1. The standard InChI is InChI=1S/C21H29N5O3/c1-2-3-14-23-20(28)21(11-5-4-6-12-21)25-17(27)9-10-18-24-19(26-29-18)16-8-7-13-22-15-16/h7-8,13,15H,2-6,9-12,14H2,1H3,(H,23,28)(H,25,27). The number of rotatable bonds is 9. The van der Waals surface area contributed by atoms with Crippen LogP contribution in [0.5, 0.6) is 0 Å². The van der Waals surface area contributed by atoms with Crippen molar-refractivity contribution in [3.63, 3.8) is 0 Å². The molecule has 1 fully saturated rings. The normalized spacial score (nSPS) is 15.6. The molecule has 1 saturated carbocycles. The zero-order valence-electron chi connectivity index (χ0n) is 16.9. The highest BCUT2D eigenvalue weighted by molar-refractivity contribution is 5.91. The summed E-state index contributed by atoms with van der Waals surface area (Å²) in [5.41, 5.74) is -0.0319. The maximum Gasteiger partial charge on any atom is 0.245 e. The van der Waals surface area contributed by atoms with Crippen molar-refractivity contribution in [1.82, 2.24) is 25.8 Å². The molecule has 2 N–H and O–H groups in total. The third-order valence-electron chi connectivity index (χ3n) is 5.29. The van der Waals surface area contributed by atoms with Crippen LogP contribution >= 0.6 is 0 Å². The van der Waals surface area contributed by atoms with Gasteiger partial charge in [-0.3, -0.25) is 14.6 Å². The maximum absolute atomic E-state index is 12.8. The largest absolute Gasteiger partial charge is 0.354 e. The van der Waals surface area contributed by atoms with Crippen LogP contribution in [0.4, 0.5) is 0 Å². The number of aryl methyl sites for hydroxylation is 1. The van der Waals surface area contributed by atoms with Crippen molar-refractivity contribution in [3.05, 3.63) is 30.4 Å². The van der Waals surface area contributed by atoms with Gasteiger partial charge in [0.25, 0.3) is 0 Å². The lowest BCUT2D eigenvalue weighted by Gasteiger charge is -2.36. The quantitative estimate of drug-likeness (QED) is 0.628.